The minimum Gasteiger partial charge on any atom is -0.486 e. The fourth-order valence-corrected chi connectivity index (χ4v) is 4.50. The number of para-hydroxylation sites is 2. The molecule has 4 aromatic carbocycles. The number of nitrogens with zero attached hydrogens (tertiary/aromatic N) is 5. The van der Waals surface area contributed by atoms with Gasteiger partial charge in [0, 0.05) is 17.3 Å². The number of ketones is 1. The number of rotatable bonds is 10. The Morgan fingerprint density at radius 3 is 2.24 bits per heavy atom. The maximum Gasteiger partial charge on any atom is 0.189 e. The molecule has 0 amide bonds. The Kier molecular flexibility index (Phi) is 7.58. The molecule has 0 radical (unpaired) electrons. The van der Waals surface area contributed by atoms with Gasteiger partial charge in [-0.2, -0.15) is 5.10 Å². The van der Waals surface area contributed by atoms with Crippen LogP contribution in [0.1, 0.15) is 27.2 Å². The molecular weight excluding hydrogens is 510 g/mol. The van der Waals surface area contributed by atoms with Crippen molar-refractivity contribution >= 4 is 11.9 Å². The third kappa shape index (κ3) is 6.20. The molecule has 41 heavy (non-hydrogen) atoms. The second-order valence-electron chi connectivity index (χ2n) is 9.45. The zero-order valence-corrected chi connectivity index (χ0v) is 22.2. The van der Waals surface area contributed by atoms with Gasteiger partial charge >= 0.3 is 0 Å². The van der Waals surface area contributed by atoms with Crippen LogP contribution in [0.3, 0.4) is 0 Å². The summed E-state index contributed by atoms with van der Waals surface area (Å²) >= 11 is 0. The van der Waals surface area contributed by atoms with Gasteiger partial charge in [0.15, 0.2) is 5.78 Å². The number of carbonyl (C=O) groups excluding carboxylic acids is 1. The third-order valence-electron chi connectivity index (χ3n) is 6.53. The first kappa shape index (κ1) is 25.7. The van der Waals surface area contributed by atoms with Gasteiger partial charge in [-0.25, -0.2) is 9.36 Å². The van der Waals surface area contributed by atoms with E-state index in [2.05, 4.69) is 10.3 Å². The number of allylic oxidation sites excluding steroid dienone is 1. The second-order valence-corrected chi connectivity index (χ2v) is 9.45. The maximum absolute atomic E-state index is 13.4. The highest BCUT2D eigenvalue weighted by atomic mass is 16.5. The van der Waals surface area contributed by atoms with Crippen LogP contribution < -0.4 is 4.74 Å². The van der Waals surface area contributed by atoms with Gasteiger partial charge in [0.2, 0.25) is 0 Å². The van der Waals surface area contributed by atoms with E-state index in [9.17, 15) is 4.79 Å². The largest absolute Gasteiger partial charge is 0.486 e. The van der Waals surface area contributed by atoms with Crippen LogP contribution in [-0.4, -0.2) is 30.6 Å². The van der Waals surface area contributed by atoms with Gasteiger partial charge in [-0.15, -0.1) is 5.10 Å². The van der Waals surface area contributed by atoms with Crippen LogP contribution >= 0.6 is 0 Å². The summed E-state index contributed by atoms with van der Waals surface area (Å²) in [5.74, 6) is 0.322. The minimum absolute atomic E-state index is 0.167. The minimum atomic E-state index is -0.167. The zero-order valence-electron chi connectivity index (χ0n) is 22.2. The lowest BCUT2D eigenvalue weighted by atomic mass is 10.1. The van der Waals surface area contributed by atoms with Gasteiger partial charge in [-0.05, 0) is 42.0 Å². The quantitative estimate of drug-likeness (QED) is 0.144. The average molecular weight is 538 g/mol. The summed E-state index contributed by atoms with van der Waals surface area (Å²) in [6, 6.07) is 37.1. The van der Waals surface area contributed by atoms with E-state index < -0.39 is 0 Å². The molecule has 7 nitrogen and oxygen atoms in total. The normalized spacial score (nSPS) is 11.1. The van der Waals surface area contributed by atoms with Crippen molar-refractivity contribution in [3.05, 3.63) is 156 Å². The molecule has 0 unspecified atom stereocenters. The van der Waals surface area contributed by atoms with E-state index in [-0.39, 0.29) is 12.4 Å². The van der Waals surface area contributed by atoms with E-state index in [0.29, 0.717) is 23.6 Å². The van der Waals surface area contributed by atoms with Crippen molar-refractivity contribution in [1.29, 1.82) is 0 Å². The lowest BCUT2D eigenvalue weighted by Crippen LogP contribution is -2.02. The van der Waals surface area contributed by atoms with Crippen molar-refractivity contribution in [2.45, 2.75) is 13.2 Å². The molecular formula is C34H27N5O2. The van der Waals surface area contributed by atoms with E-state index in [1.54, 1.807) is 22.9 Å². The Balaban J connectivity index is 1.20. The molecule has 7 heteroatoms. The molecule has 0 aliphatic rings. The fraction of sp³-hybridized carbons (Fsp3) is 0.0588. The Bertz CT molecular complexity index is 1770. The Morgan fingerprint density at radius 1 is 0.780 bits per heavy atom. The number of hydrogen-bond acceptors (Lipinski definition) is 5. The van der Waals surface area contributed by atoms with Gasteiger partial charge in [0.25, 0.3) is 0 Å². The Morgan fingerprint density at radius 2 is 1.46 bits per heavy atom. The van der Waals surface area contributed by atoms with Crippen molar-refractivity contribution in [2.24, 2.45) is 0 Å². The van der Waals surface area contributed by atoms with Gasteiger partial charge in [0.05, 0.1) is 29.7 Å². The summed E-state index contributed by atoms with van der Waals surface area (Å²) in [5.41, 5.74) is 5.82. The molecule has 0 saturated heterocycles. The van der Waals surface area contributed by atoms with Gasteiger partial charge < -0.3 is 4.74 Å². The van der Waals surface area contributed by atoms with Crippen LogP contribution in [0.5, 0.6) is 5.75 Å². The SMILES string of the molecule is O=C(/C=C/c1cn(-c2ccccc2)nc1-c1ccccc1)c1ccccc1OCc1cn(Cc2ccccc2)nn1. The standard InChI is InChI=1S/C34H27N5O2/c40-32(21-20-28-23-39(30-16-8-3-9-17-30)36-34(28)27-14-6-2-7-15-27)31-18-10-11-19-33(31)41-25-29-24-38(37-35-29)22-26-12-4-1-5-13-26/h1-21,23-24H,22,25H2/b21-20+. The summed E-state index contributed by atoms with van der Waals surface area (Å²) in [5, 5.41) is 13.3. The highest BCUT2D eigenvalue weighted by Gasteiger charge is 2.14. The lowest BCUT2D eigenvalue weighted by Gasteiger charge is -2.08. The first-order valence-corrected chi connectivity index (χ1v) is 13.3. The van der Waals surface area contributed by atoms with Crippen molar-refractivity contribution in [1.82, 2.24) is 24.8 Å². The van der Waals surface area contributed by atoms with Crippen LogP contribution in [-0.2, 0) is 13.2 Å². The van der Waals surface area contributed by atoms with E-state index in [4.69, 9.17) is 9.84 Å². The molecule has 0 saturated carbocycles. The number of ether oxygens (including phenoxy) is 1. The number of hydrogen-bond donors (Lipinski definition) is 0. The molecule has 0 N–H and O–H groups in total. The molecule has 6 aromatic rings. The molecule has 0 aliphatic heterocycles. The maximum atomic E-state index is 13.4. The van der Waals surface area contributed by atoms with Gasteiger partial charge in [0.1, 0.15) is 18.1 Å². The van der Waals surface area contributed by atoms with Crippen molar-refractivity contribution in [3.63, 3.8) is 0 Å². The average Bonchev–Trinajstić information content (AvgIpc) is 3.67. The highest BCUT2D eigenvalue weighted by molar-refractivity contribution is 6.08. The smallest absolute Gasteiger partial charge is 0.189 e. The van der Waals surface area contributed by atoms with E-state index >= 15 is 0 Å². The van der Waals surface area contributed by atoms with Crippen LogP contribution in [0.2, 0.25) is 0 Å². The van der Waals surface area contributed by atoms with Gasteiger partial charge in [-0.3, -0.25) is 4.79 Å². The topological polar surface area (TPSA) is 74.8 Å². The summed E-state index contributed by atoms with van der Waals surface area (Å²) in [6.45, 7) is 0.824. The lowest BCUT2D eigenvalue weighted by molar-refractivity contribution is 0.104. The van der Waals surface area contributed by atoms with Crippen molar-refractivity contribution in [2.75, 3.05) is 0 Å². The monoisotopic (exact) mass is 537 g/mol. The molecule has 0 fully saturated rings. The van der Waals surface area contributed by atoms with Crippen LogP contribution in [0.15, 0.2) is 134 Å². The molecule has 2 aromatic heterocycles. The molecule has 0 bridgehead atoms. The summed E-state index contributed by atoms with van der Waals surface area (Å²) < 4.78 is 9.63. The number of benzene rings is 4. The second kappa shape index (κ2) is 12.1. The van der Waals surface area contributed by atoms with E-state index in [0.717, 1.165) is 28.1 Å². The predicted octanol–water partition coefficient (Wildman–Crippen LogP) is 6.65. The summed E-state index contributed by atoms with van der Waals surface area (Å²) in [7, 11) is 0. The Hall–Kier alpha value is -5.56. The first-order chi connectivity index (χ1) is 20.2. The molecule has 2 heterocycles. The number of aromatic nitrogens is 5. The predicted molar refractivity (Wildman–Crippen MR) is 159 cm³/mol. The van der Waals surface area contributed by atoms with Crippen molar-refractivity contribution in [3.8, 4) is 22.7 Å². The number of carbonyl (C=O) groups is 1. The molecule has 0 atom stereocenters. The van der Waals surface area contributed by atoms with Gasteiger partial charge in [-0.1, -0.05) is 96.2 Å². The summed E-state index contributed by atoms with van der Waals surface area (Å²) in [6.07, 6.45) is 7.16. The molecule has 0 aliphatic carbocycles. The Labute approximate surface area is 238 Å². The van der Waals surface area contributed by atoms with Crippen molar-refractivity contribution < 1.29 is 9.53 Å². The fourth-order valence-electron chi connectivity index (χ4n) is 4.50. The van der Waals surface area contributed by atoms with Crippen LogP contribution in [0.25, 0.3) is 23.0 Å². The van der Waals surface area contributed by atoms with E-state index in [1.165, 1.54) is 0 Å². The van der Waals surface area contributed by atoms with Crippen LogP contribution in [0.4, 0.5) is 0 Å². The molecule has 0 spiro atoms. The van der Waals surface area contributed by atoms with E-state index in [1.807, 2.05) is 126 Å². The molecule has 200 valence electrons. The third-order valence-corrected chi connectivity index (χ3v) is 6.53. The summed E-state index contributed by atoms with van der Waals surface area (Å²) in [4.78, 5) is 13.4. The first-order valence-electron chi connectivity index (χ1n) is 13.3. The molecule has 6 rings (SSSR count). The van der Waals surface area contributed by atoms with Crippen LogP contribution in [0, 0.1) is 0 Å². The highest BCUT2D eigenvalue weighted by Crippen LogP contribution is 2.26. The zero-order chi connectivity index (χ0) is 27.9.